The molecule has 0 bridgehead atoms. The molecular formula is C21H21F3N4O3. The molecule has 2 N–H and O–H groups in total. The van der Waals surface area contributed by atoms with Crippen molar-refractivity contribution in [3.8, 4) is 6.07 Å². The van der Waals surface area contributed by atoms with Gasteiger partial charge in [-0.2, -0.15) is 18.4 Å². The molecule has 1 aliphatic rings. The van der Waals surface area contributed by atoms with Gasteiger partial charge in [-0.05, 0) is 37.6 Å². The third-order valence-electron chi connectivity index (χ3n) is 5.23. The van der Waals surface area contributed by atoms with Crippen molar-refractivity contribution >= 4 is 17.4 Å². The predicted octanol–water partition coefficient (Wildman–Crippen LogP) is 2.16. The zero-order valence-electron chi connectivity index (χ0n) is 17.1. The quantitative estimate of drug-likeness (QED) is 0.768. The van der Waals surface area contributed by atoms with Crippen LogP contribution in [0.15, 0.2) is 30.3 Å². The molecular weight excluding hydrogens is 413 g/mol. The minimum atomic E-state index is -4.82. The third kappa shape index (κ3) is 4.19. The number of nitrogens with zero attached hydrogens (tertiary/aromatic N) is 4. The summed E-state index contributed by atoms with van der Waals surface area (Å²) in [6.07, 6.45) is -7.81. The van der Waals surface area contributed by atoms with E-state index in [2.05, 4.69) is 4.98 Å². The van der Waals surface area contributed by atoms with Gasteiger partial charge >= 0.3 is 6.18 Å². The summed E-state index contributed by atoms with van der Waals surface area (Å²) in [4.78, 5) is 19.6. The van der Waals surface area contributed by atoms with E-state index in [9.17, 15) is 33.4 Å². The molecule has 2 heterocycles. The number of benzene rings is 1. The Morgan fingerprint density at radius 1 is 1.29 bits per heavy atom. The molecule has 1 fully saturated rings. The van der Waals surface area contributed by atoms with Gasteiger partial charge in [0.25, 0.3) is 5.91 Å². The number of aromatic nitrogens is 1. The van der Waals surface area contributed by atoms with Gasteiger partial charge in [0, 0.05) is 25.0 Å². The van der Waals surface area contributed by atoms with Crippen LogP contribution in [-0.2, 0) is 11.0 Å². The standard InChI is InChI=1S/C21H21F3N4O3/c1-11-5-4-6-13(7-11)27(3)20(31)17-18(30)16(29)10-28(17)19-14(9-25)15(21(22,23)24)8-12(2)26-19/h4-8,16-18,29-30H,10H2,1-3H3/t16-,17+,18-/m1/s1. The summed E-state index contributed by atoms with van der Waals surface area (Å²) >= 11 is 0. The topological polar surface area (TPSA) is 101 Å². The number of anilines is 2. The second-order valence-electron chi connectivity index (χ2n) is 7.51. The second-order valence-corrected chi connectivity index (χ2v) is 7.51. The van der Waals surface area contributed by atoms with Crippen LogP contribution in [0.25, 0.3) is 0 Å². The summed E-state index contributed by atoms with van der Waals surface area (Å²) in [5.74, 6) is -1.06. The van der Waals surface area contributed by atoms with E-state index in [-0.39, 0.29) is 12.2 Å². The number of nitriles is 1. The van der Waals surface area contributed by atoms with Gasteiger partial charge in [-0.1, -0.05) is 12.1 Å². The minimum absolute atomic E-state index is 0.0181. The SMILES string of the molecule is Cc1cccc(N(C)C(=O)[C@@H]2[C@H](O)[C@H](O)CN2c2nc(C)cc(C(F)(F)F)c2C#N)c1. The highest BCUT2D eigenvalue weighted by Gasteiger charge is 2.48. The zero-order valence-corrected chi connectivity index (χ0v) is 17.1. The molecule has 3 atom stereocenters. The maximum atomic E-state index is 13.5. The van der Waals surface area contributed by atoms with E-state index in [0.29, 0.717) is 5.69 Å². The number of aryl methyl sites for hydroxylation is 2. The number of hydrogen-bond acceptors (Lipinski definition) is 6. The Labute approximate surface area is 177 Å². The lowest BCUT2D eigenvalue weighted by molar-refractivity contribution is -0.137. The van der Waals surface area contributed by atoms with Crippen LogP contribution in [0.1, 0.15) is 22.4 Å². The fourth-order valence-electron chi connectivity index (χ4n) is 3.68. The first-order chi connectivity index (χ1) is 14.5. The summed E-state index contributed by atoms with van der Waals surface area (Å²) in [7, 11) is 1.46. The summed E-state index contributed by atoms with van der Waals surface area (Å²) in [6.45, 7) is 2.80. The number of hydrogen-bond donors (Lipinski definition) is 2. The van der Waals surface area contributed by atoms with E-state index in [1.165, 1.54) is 24.9 Å². The molecule has 3 rings (SSSR count). The van der Waals surface area contributed by atoms with Gasteiger partial charge in [0.1, 0.15) is 29.6 Å². The lowest BCUT2D eigenvalue weighted by Crippen LogP contribution is -2.50. The molecule has 0 aliphatic carbocycles. The number of rotatable bonds is 3. The van der Waals surface area contributed by atoms with Crippen LogP contribution < -0.4 is 9.80 Å². The molecule has 1 aromatic heterocycles. The van der Waals surface area contributed by atoms with Gasteiger partial charge < -0.3 is 20.0 Å². The van der Waals surface area contributed by atoms with Gasteiger partial charge in [0.15, 0.2) is 0 Å². The van der Waals surface area contributed by atoms with E-state index in [1.807, 2.05) is 13.0 Å². The number of amides is 1. The van der Waals surface area contributed by atoms with Crippen molar-refractivity contribution in [2.75, 3.05) is 23.4 Å². The first kappa shape index (κ1) is 22.5. The van der Waals surface area contributed by atoms with Crippen LogP contribution in [0.2, 0.25) is 0 Å². The molecule has 0 unspecified atom stereocenters. The highest BCUT2D eigenvalue weighted by atomic mass is 19.4. The van der Waals surface area contributed by atoms with Crippen molar-refractivity contribution < 1.29 is 28.2 Å². The molecule has 0 spiro atoms. The van der Waals surface area contributed by atoms with Crippen LogP contribution in [0, 0.1) is 25.2 Å². The van der Waals surface area contributed by atoms with Gasteiger partial charge in [0.2, 0.25) is 0 Å². The summed E-state index contributed by atoms with van der Waals surface area (Å²) in [5, 5.41) is 30.2. The normalized spacial score (nSPS) is 21.1. The van der Waals surface area contributed by atoms with Crippen molar-refractivity contribution in [2.24, 2.45) is 0 Å². The molecule has 0 saturated carbocycles. The Morgan fingerprint density at radius 2 is 1.97 bits per heavy atom. The van der Waals surface area contributed by atoms with Crippen LogP contribution in [0.5, 0.6) is 0 Å². The maximum absolute atomic E-state index is 13.5. The number of β-amino-alcohol motifs (C(OH)–C–C–N with tert-alkyl or cyclic N) is 1. The predicted molar refractivity (Wildman–Crippen MR) is 106 cm³/mol. The Bertz CT molecular complexity index is 1050. The molecule has 164 valence electrons. The number of halogens is 3. The average molecular weight is 434 g/mol. The molecule has 1 saturated heterocycles. The van der Waals surface area contributed by atoms with E-state index in [4.69, 9.17) is 0 Å². The van der Waals surface area contributed by atoms with Crippen molar-refractivity contribution in [2.45, 2.75) is 38.3 Å². The second kappa shape index (κ2) is 8.17. The van der Waals surface area contributed by atoms with Gasteiger partial charge in [-0.15, -0.1) is 0 Å². The molecule has 7 nitrogen and oxygen atoms in total. The van der Waals surface area contributed by atoms with E-state index in [0.717, 1.165) is 16.5 Å². The Hall–Kier alpha value is -3.16. The summed E-state index contributed by atoms with van der Waals surface area (Å²) in [5.41, 5.74) is -0.590. The molecule has 10 heteroatoms. The molecule has 1 amide bonds. The first-order valence-electron chi connectivity index (χ1n) is 9.41. The number of carbonyl (C=O) groups is 1. The third-order valence-corrected chi connectivity index (χ3v) is 5.23. The van der Waals surface area contributed by atoms with E-state index < -0.39 is 47.3 Å². The van der Waals surface area contributed by atoms with E-state index >= 15 is 0 Å². The van der Waals surface area contributed by atoms with Crippen molar-refractivity contribution in [1.82, 2.24) is 4.98 Å². The smallest absolute Gasteiger partial charge is 0.388 e. The fraction of sp³-hybridized carbons (Fsp3) is 0.381. The van der Waals surface area contributed by atoms with Crippen molar-refractivity contribution in [1.29, 1.82) is 5.26 Å². The zero-order chi connectivity index (χ0) is 23.1. The molecule has 1 aliphatic heterocycles. The molecule has 1 aromatic carbocycles. The molecule has 0 radical (unpaired) electrons. The highest BCUT2D eigenvalue weighted by Crippen LogP contribution is 2.38. The lowest BCUT2D eigenvalue weighted by Gasteiger charge is -2.31. The van der Waals surface area contributed by atoms with Crippen LogP contribution in [0.3, 0.4) is 0 Å². The van der Waals surface area contributed by atoms with Crippen LogP contribution >= 0.6 is 0 Å². The Morgan fingerprint density at radius 3 is 2.55 bits per heavy atom. The number of alkyl halides is 3. The van der Waals surface area contributed by atoms with Crippen molar-refractivity contribution in [3.63, 3.8) is 0 Å². The number of pyridine rings is 1. The van der Waals surface area contributed by atoms with Crippen LogP contribution in [-0.4, -0.2) is 52.9 Å². The fourth-order valence-corrected chi connectivity index (χ4v) is 3.68. The number of aliphatic hydroxyl groups is 2. The van der Waals surface area contributed by atoms with Gasteiger partial charge in [-0.25, -0.2) is 4.98 Å². The summed E-state index contributed by atoms with van der Waals surface area (Å²) in [6, 6.07) is 7.80. The minimum Gasteiger partial charge on any atom is -0.388 e. The van der Waals surface area contributed by atoms with E-state index in [1.54, 1.807) is 18.2 Å². The van der Waals surface area contributed by atoms with Crippen LogP contribution in [0.4, 0.5) is 24.7 Å². The number of carbonyl (C=O) groups excluding carboxylic acids is 1. The number of likely N-dealkylation sites (N-methyl/N-ethyl adjacent to an activating group) is 1. The first-order valence-corrected chi connectivity index (χ1v) is 9.41. The highest BCUT2D eigenvalue weighted by molar-refractivity contribution is 5.99. The van der Waals surface area contributed by atoms with Gasteiger partial charge in [0.05, 0.1) is 11.7 Å². The largest absolute Gasteiger partial charge is 0.417 e. The Balaban J connectivity index is 2.10. The van der Waals surface area contributed by atoms with Gasteiger partial charge in [-0.3, -0.25) is 4.79 Å². The number of aliphatic hydroxyl groups excluding tert-OH is 2. The Kier molecular flexibility index (Phi) is 5.93. The maximum Gasteiger partial charge on any atom is 0.417 e. The average Bonchev–Trinajstić information content (AvgIpc) is 3.00. The summed E-state index contributed by atoms with van der Waals surface area (Å²) < 4.78 is 40.5. The molecule has 2 aromatic rings. The molecule has 31 heavy (non-hydrogen) atoms. The van der Waals surface area contributed by atoms with Crippen molar-refractivity contribution in [3.05, 3.63) is 52.7 Å². The monoisotopic (exact) mass is 434 g/mol. The lowest BCUT2D eigenvalue weighted by atomic mass is 10.1.